The number of carbonyl (C=O) groups excluding carboxylic acids is 1. The van der Waals surface area contributed by atoms with Crippen LogP contribution in [0.15, 0.2) is 0 Å². The lowest BCUT2D eigenvalue weighted by molar-refractivity contribution is -0.183. The van der Waals surface area contributed by atoms with Gasteiger partial charge in [0.15, 0.2) is 0 Å². The molecule has 1 rings (SSSR count). The molecule has 160 valence electrons. The molecule has 1 aliphatic rings. The number of carbonyl (C=O) groups is 1. The van der Waals surface area contributed by atoms with Gasteiger partial charge in [0.2, 0.25) is 0 Å². The Hall–Kier alpha value is -0.630. The molecule has 0 radical (unpaired) electrons. The molecule has 0 aromatic rings. The van der Waals surface area contributed by atoms with Gasteiger partial charge in [-0.1, -0.05) is 39.0 Å². The molecule has 1 fully saturated rings. The Morgan fingerprint density at radius 1 is 1.19 bits per heavy atom. The van der Waals surface area contributed by atoms with E-state index in [2.05, 4.69) is 4.72 Å². The van der Waals surface area contributed by atoms with Gasteiger partial charge in [0.25, 0.3) is 0 Å². The van der Waals surface area contributed by atoms with Crippen molar-refractivity contribution >= 4 is 17.0 Å². The highest BCUT2D eigenvalue weighted by molar-refractivity contribution is 7.84. The number of alkyl halides is 3. The first kappa shape index (κ1) is 24.4. The van der Waals surface area contributed by atoms with Gasteiger partial charge in [-0.05, 0) is 46.5 Å². The van der Waals surface area contributed by atoms with Crippen LogP contribution in [-0.2, 0) is 20.5 Å². The average molecular weight is 414 g/mol. The van der Waals surface area contributed by atoms with E-state index in [1.165, 1.54) is 0 Å². The van der Waals surface area contributed by atoms with Crippen LogP contribution in [0, 0.1) is 11.8 Å². The van der Waals surface area contributed by atoms with Crippen molar-refractivity contribution in [1.82, 2.24) is 4.72 Å². The molecule has 1 aliphatic carbocycles. The second-order valence-electron chi connectivity index (χ2n) is 8.52. The molecule has 0 saturated heterocycles. The molecule has 0 amide bonds. The smallest absolute Gasteiger partial charge is 0.405 e. The summed E-state index contributed by atoms with van der Waals surface area (Å²) >= 11 is 0. The second kappa shape index (κ2) is 10.2. The molecular weight excluding hydrogens is 379 g/mol. The van der Waals surface area contributed by atoms with E-state index in [1.54, 1.807) is 27.7 Å². The zero-order chi connectivity index (χ0) is 20.8. The molecule has 4 nitrogen and oxygen atoms in total. The van der Waals surface area contributed by atoms with Crippen molar-refractivity contribution in [3.05, 3.63) is 0 Å². The van der Waals surface area contributed by atoms with E-state index in [4.69, 9.17) is 4.74 Å². The lowest BCUT2D eigenvalue weighted by Crippen LogP contribution is -2.54. The van der Waals surface area contributed by atoms with Crippen LogP contribution in [0.2, 0.25) is 0 Å². The zero-order valence-corrected chi connectivity index (χ0v) is 17.8. The molecule has 1 N–H and O–H groups in total. The SMILES string of the molecule is CCC(C)OC(=O)[C@@H](CC1CCCCC1)[C@H](N[S@@](=O)C(C)(C)C)C(F)(F)F. The topological polar surface area (TPSA) is 55.4 Å². The van der Waals surface area contributed by atoms with Crippen molar-refractivity contribution in [2.24, 2.45) is 11.8 Å². The van der Waals surface area contributed by atoms with Crippen LogP contribution >= 0.6 is 0 Å². The van der Waals surface area contributed by atoms with Gasteiger partial charge < -0.3 is 4.74 Å². The minimum atomic E-state index is -4.70. The van der Waals surface area contributed by atoms with E-state index in [1.807, 2.05) is 6.92 Å². The van der Waals surface area contributed by atoms with Gasteiger partial charge in [-0.2, -0.15) is 13.2 Å². The van der Waals surface area contributed by atoms with E-state index >= 15 is 0 Å². The fourth-order valence-corrected chi connectivity index (χ4v) is 4.07. The normalized spacial score (nSPS) is 21.3. The first-order valence-electron chi connectivity index (χ1n) is 9.81. The predicted octanol–water partition coefficient (Wildman–Crippen LogP) is 4.90. The van der Waals surface area contributed by atoms with Crippen LogP contribution in [0.25, 0.3) is 0 Å². The van der Waals surface area contributed by atoms with Crippen molar-refractivity contribution in [2.45, 2.75) is 103 Å². The Morgan fingerprint density at radius 2 is 1.74 bits per heavy atom. The third-order valence-electron chi connectivity index (χ3n) is 5.05. The average Bonchev–Trinajstić information content (AvgIpc) is 2.56. The van der Waals surface area contributed by atoms with Crippen molar-refractivity contribution in [3.8, 4) is 0 Å². The molecule has 27 heavy (non-hydrogen) atoms. The van der Waals surface area contributed by atoms with Gasteiger partial charge >= 0.3 is 12.1 Å². The highest BCUT2D eigenvalue weighted by Gasteiger charge is 2.50. The third kappa shape index (κ3) is 8.10. The largest absolute Gasteiger partial charge is 0.462 e. The Bertz CT molecular complexity index is 499. The number of ether oxygens (including phenoxy) is 1. The quantitative estimate of drug-likeness (QED) is 0.576. The molecule has 0 heterocycles. The van der Waals surface area contributed by atoms with Crippen LogP contribution < -0.4 is 4.72 Å². The molecule has 1 unspecified atom stereocenters. The van der Waals surface area contributed by atoms with E-state index in [0.29, 0.717) is 6.42 Å². The zero-order valence-electron chi connectivity index (χ0n) is 17.0. The molecule has 8 heteroatoms. The van der Waals surface area contributed by atoms with Gasteiger partial charge in [-0.25, -0.2) is 8.93 Å². The van der Waals surface area contributed by atoms with E-state index in [-0.39, 0.29) is 12.3 Å². The molecule has 0 aromatic heterocycles. The lowest BCUT2D eigenvalue weighted by Gasteiger charge is -2.34. The summed E-state index contributed by atoms with van der Waals surface area (Å²) in [5.41, 5.74) is 0. The number of esters is 1. The summed E-state index contributed by atoms with van der Waals surface area (Å²) < 4.78 is 60.5. The van der Waals surface area contributed by atoms with Gasteiger partial charge in [-0.15, -0.1) is 0 Å². The summed E-state index contributed by atoms with van der Waals surface area (Å²) in [6, 6.07) is -2.18. The fourth-order valence-electron chi connectivity index (χ4n) is 3.19. The molecule has 0 spiro atoms. The van der Waals surface area contributed by atoms with Gasteiger partial charge in [-0.3, -0.25) is 4.79 Å². The maximum Gasteiger partial charge on any atom is 0.405 e. The Morgan fingerprint density at radius 3 is 2.19 bits per heavy atom. The van der Waals surface area contributed by atoms with E-state index in [9.17, 15) is 22.2 Å². The van der Waals surface area contributed by atoms with Crippen LogP contribution in [0.4, 0.5) is 13.2 Å². The van der Waals surface area contributed by atoms with E-state index < -0.39 is 45.9 Å². The van der Waals surface area contributed by atoms with Crippen LogP contribution in [0.5, 0.6) is 0 Å². The summed E-state index contributed by atoms with van der Waals surface area (Å²) in [4.78, 5) is 12.6. The summed E-state index contributed by atoms with van der Waals surface area (Å²) in [6.07, 6.45) is 0.134. The van der Waals surface area contributed by atoms with Gasteiger partial charge in [0, 0.05) is 0 Å². The molecule has 0 aromatic carbocycles. The van der Waals surface area contributed by atoms with Crippen molar-refractivity contribution < 1.29 is 26.9 Å². The number of nitrogens with one attached hydrogen (secondary N) is 1. The Labute approximate surface area is 163 Å². The van der Waals surface area contributed by atoms with Gasteiger partial charge in [0.1, 0.15) is 6.04 Å². The minimum absolute atomic E-state index is 0.0583. The summed E-state index contributed by atoms with van der Waals surface area (Å²) in [5, 5.41) is 0. The second-order valence-corrected chi connectivity index (χ2v) is 10.5. The molecule has 0 bridgehead atoms. The standard InChI is InChI=1S/C19H34F3NO3S/c1-6-13(2)26-17(24)15(12-14-10-8-7-9-11-14)16(19(20,21)22)23-27(25)18(3,4)5/h13-16,23H,6-12H2,1-5H3/t13?,15-,16-,27-/m0/s1. The van der Waals surface area contributed by atoms with E-state index in [0.717, 1.165) is 32.1 Å². The summed E-state index contributed by atoms with van der Waals surface area (Å²) in [6.45, 7) is 8.26. The Balaban J connectivity index is 3.10. The summed E-state index contributed by atoms with van der Waals surface area (Å²) in [7, 11) is -1.95. The van der Waals surface area contributed by atoms with Crippen LogP contribution in [0.1, 0.15) is 79.6 Å². The summed E-state index contributed by atoms with van der Waals surface area (Å²) in [5.74, 6) is -2.19. The molecule has 4 atom stereocenters. The van der Waals surface area contributed by atoms with Crippen molar-refractivity contribution in [1.29, 1.82) is 0 Å². The fraction of sp³-hybridized carbons (Fsp3) is 0.947. The lowest BCUT2D eigenvalue weighted by atomic mass is 9.80. The maximum absolute atomic E-state index is 13.8. The van der Waals surface area contributed by atoms with Crippen LogP contribution in [-0.4, -0.2) is 33.2 Å². The van der Waals surface area contributed by atoms with Crippen molar-refractivity contribution in [2.75, 3.05) is 0 Å². The Kier molecular flexibility index (Phi) is 9.25. The number of halogens is 3. The first-order valence-corrected chi connectivity index (χ1v) is 11.0. The number of hydrogen-bond acceptors (Lipinski definition) is 3. The highest BCUT2D eigenvalue weighted by atomic mass is 32.2. The predicted molar refractivity (Wildman–Crippen MR) is 101 cm³/mol. The number of rotatable bonds is 8. The first-order chi connectivity index (χ1) is 12.4. The third-order valence-corrected chi connectivity index (χ3v) is 6.63. The molecular formula is C19H34F3NO3S. The minimum Gasteiger partial charge on any atom is -0.462 e. The monoisotopic (exact) mass is 413 g/mol. The molecule has 1 saturated carbocycles. The van der Waals surface area contributed by atoms with Crippen molar-refractivity contribution in [3.63, 3.8) is 0 Å². The molecule has 0 aliphatic heterocycles. The van der Waals surface area contributed by atoms with Gasteiger partial charge in [0.05, 0.1) is 27.8 Å². The van der Waals surface area contributed by atoms with Crippen LogP contribution in [0.3, 0.4) is 0 Å². The maximum atomic E-state index is 13.8. The number of hydrogen-bond donors (Lipinski definition) is 1. The highest BCUT2D eigenvalue weighted by Crippen LogP contribution is 2.36.